The molecule has 0 amide bonds. The monoisotopic (exact) mass is 172 g/mol. The minimum absolute atomic E-state index is 0.342. The number of carbonyl (C=O) groups is 1. The van der Waals surface area contributed by atoms with Crippen molar-refractivity contribution in [2.24, 2.45) is 5.73 Å². The van der Waals surface area contributed by atoms with Crippen molar-refractivity contribution in [3.8, 4) is 0 Å². The largest absolute Gasteiger partial charge is 0.367 e. The van der Waals surface area contributed by atoms with Gasteiger partial charge in [0.25, 0.3) is 0 Å². The Hall–Kier alpha value is -0.870. The molecule has 0 saturated heterocycles. The highest BCUT2D eigenvalue weighted by Crippen LogP contribution is 1.96. The molecule has 3 N–H and O–H groups in total. The summed E-state index contributed by atoms with van der Waals surface area (Å²) in [5, 5.41) is 0. The number of nitrogens with one attached hydrogen (secondary N) is 1. The number of rotatable bonds is 5. The van der Waals surface area contributed by atoms with Gasteiger partial charge in [-0.25, -0.2) is 4.79 Å². The minimum Gasteiger partial charge on any atom is -0.367 e. The molecule has 0 saturated carbocycles. The van der Waals surface area contributed by atoms with Gasteiger partial charge in [0.05, 0.1) is 0 Å². The van der Waals surface area contributed by atoms with Crippen molar-refractivity contribution >= 4 is 5.97 Å². The van der Waals surface area contributed by atoms with Gasteiger partial charge < -0.3 is 10.6 Å². The number of nitrogens with two attached hydrogens (primary N) is 1. The van der Waals surface area contributed by atoms with Gasteiger partial charge in [-0.2, -0.15) is 5.48 Å². The summed E-state index contributed by atoms with van der Waals surface area (Å²) >= 11 is 0. The average Bonchev–Trinajstić information content (AvgIpc) is 2.05. The van der Waals surface area contributed by atoms with Crippen LogP contribution in [-0.2, 0) is 9.63 Å². The van der Waals surface area contributed by atoms with Crippen LogP contribution in [0.15, 0.2) is 11.6 Å². The fraction of sp³-hybridized carbons (Fsp3) is 0.625. The van der Waals surface area contributed by atoms with E-state index in [1.54, 1.807) is 6.92 Å². The Morgan fingerprint density at radius 3 is 2.83 bits per heavy atom. The van der Waals surface area contributed by atoms with Crippen LogP contribution in [-0.4, -0.2) is 19.1 Å². The summed E-state index contributed by atoms with van der Waals surface area (Å²) in [6, 6.07) is 0. The molecule has 0 aliphatic rings. The summed E-state index contributed by atoms with van der Waals surface area (Å²) in [4.78, 5) is 15.7. The minimum atomic E-state index is -0.342. The van der Waals surface area contributed by atoms with Crippen molar-refractivity contribution in [2.45, 2.75) is 20.3 Å². The van der Waals surface area contributed by atoms with E-state index in [4.69, 9.17) is 5.73 Å². The zero-order valence-corrected chi connectivity index (χ0v) is 7.59. The molecule has 0 atom stereocenters. The van der Waals surface area contributed by atoms with Crippen molar-refractivity contribution < 1.29 is 9.63 Å². The summed E-state index contributed by atoms with van der Waals surface area (Å²) in [6.07, 6.45) is 2.64. The number of hydroxylamine groups is 1. The van der Waals surface area contributed by atoms with Crippen LogP contribution in [0.5, 0.6) is 0 Å². The normalized spacial score (nSPS) is 11.4. The van der Waals surface area contributed by atoms with Gasteiger partial charge in [-0.15, -0.1) is 0 Å². The third kappa shape index (κ3) is 4.87. The van der Waals surface area contributed by atoms with Crippen LogP contribution in [0.2, 0.25) is 0 Å². The van der Waals surface area contributed by atoms with Gasteiger partial charge >= 0.3 is 5.97 Å². The molecule has 0 radical (unpaired) electrons. The standard InChI is InChI=1S/C8H16N2O2/c1-3-4-7(2)8(11)12-10-6-5-9/h4,10H,3,5-6,9H2,1-2H3. The Labute approximate surface area is 72.7 Å². The van der Waals surface area contributed by atoms with Crippen molar-refractivity contribution in [1.29, 1.82) is 0 Å². The summed E-state index contributed by atoms with van der Waals surface area (Å²) in [7, 11) is 0. The number of allylic oxidation sites excluding steroid dienone is 1. The third-order valence-electron chi connectivity index (χ3n) is 1.24. The second kappa shape index (κ2) is 6.82. The van der Waals surface area contributed by atoms with Crippen LogP contribution < -0.4 is 11.2 Å². The van der Waals surface area contributed by atoms with Gasteiger partial charge in [0.2, 0.25) is 0 Å². The van der Waals surface area contributed by atoms with Crippen molar-refractivity contribution in [3.05, 3.63) is 11.6 Å². The Bertz CT molecular complexity index is 166. The van der Waals surface area contributed by atoms with E-state index in [9.17, 15) is 4.79 Å². The molecule has 0 aromatic carbocycles. The Kier molecular flexibility index (Phi) is 6.32. The highest BCUT2D eigenvalue weighted by molar-refractivity contribution is 5.87. The molecule has 0 aliphatic heterocycles. The first kappa shape index (κ1) is 11.1. The molecule has 0 aromatic heterocycles. The smallest absolute Gasteiger partial charge is 0.352 e. The zero-order chi connectivity index (χ0) is 9.40. The molecule has 0 rings (SSSR count). The maximum atomic E-state index is 11.0. The average molecular weight is 172 g/mol. The van der Waals surface area contributed by atoms with Gasteiger partial charge in [0.15, 0.2) is 0 Å². The first-order chi connectivity index (χ1) is 5.72. The highest BCUT2D eigenvalue weighted by Gasteiger charge is 2.03. The van der Waals surface area contributed by atoms with E-state index in [-0.39, 0.29) is 5.97 Å². The topological polar surface area (TPSA) is 64.3 Å². The summed E-state index contributed by atoms with van der Waals surface area (Å²) in [5.41, 5.74) is 8.25. The Balaban J connectivity index is 3.64. The molecule has 0 aromatic rings. The lowest BCUT2D eigenvalue weighted by atomic mass is 10.2. The molecule has 0 spiro atoms. The van der Waals surface area contributed by atoms with Crippen molar-refractivity contribution in [2.75, 3.05) is 13.1 Å². The van der Waals surface area contributed by atoms with E-state index in [2.05, 4.69) is 10.3 Å². The number of hydrogen-bond acceptors (Lipinski definition) is 4. The SMILES string of the molecule is CCC=C(C)C(=O)ONCCN. The van der Waals surface area contributed by atoms with E-state index < -0.39 is 0 Å². The number of hydrogen-bond donors (Lipinski definition) is 2. The van der Waals surface area contributed by atoms with Crippen molar-refractivity contribution in [3.63, 3.8) is 0 Å². The van der Waals surface area contributed by atoms with Crippen LogP contribution in [0.25, 0.3) is 0 Å². The van der Waals surface area contributed by atoms with E-state index in [0.717, 1.165) is 6.42 Å². The quantitative estimate of drug-likeness (QED) is 0.357. The van der Waals surface area contributed by atoms with Crippen LogP contribution in [0.4, 0.5) is 0 Å². The maximum absolute atomic E-state index is 11.0. The van der Waals surface area contributed by atoms with E-state index in [1.165, 1.54) is 0 Å². The van der Waals surface area contributed by atoms with Gasteiger partial charge in [-0.1, -0.05) is 13.0 Å². The predicted octanol–water partition coefficient (Wildman–Crippen LogP) is 0.349. The Morgan fingerprint density at radius 2 is 2.33 bits per heavy atom. The fourth-order valence-corrected chi connectivity index (χ4v) is 0.646. The molecular formula is C8H16N2O2. The molecule has 70 valence electrons. The van der Waals surface area contributed by atoms with Crippen LogP contribution in [0, 0.1) is 0 Å². The molecular weight excluding hydrogens is 156 g/mol. The highest BCUT2D eigenvalue weighted by atomic mass is 16.7. The third-order valence-corrected chi connectivity index (χ3v) is 1.24. The molecule has 0 unspecified atom stereocenters. The molecule has 0 bridgehead atoms. The molecule has 4 nitrogen and oxygen atoms in total. The molecule has 0 fully saturated rings. The first-order valence-corrected chi connectivity index (χ1v) is 4.03. The lowest BCUT2D eigenvalue weighted by molar-refractivity contribution is -0.146. The first-order valence-electron chi connectivity index (χ1n) is 4.03. The Morgan fingerprint density at radius 1 is 1.67 bits per heavy atom. The van der Waals surface area contributed by atoms with Crippen LogP contribution in [0.3, 0.4) is 0 Å². The van der Waals surface area contributed by atoms with E-state index in [0.29, 0.717) is 18.7 Å². The van der Waals surface area contributed by atoms with Gasteiger partial charge in [-0.05, 0) is 13.3 Å². The summed E-state index contributed by atoms with van der Waals surface area (Å²) in [5.74, 6) is -0.342. The van der Waals surface area contributed by atoms with Gasteiger partial charge in [0.1, 0.15) is 0 Å². The second-order valence-corrected chi connectivity index (χ2v) is 2.37. The molecule has 12 heavy (non-hydrogen) atoms. The van der Waals surface area contributed by atoms with E-state index in [1.807, 2.05) is 13.0 Å². The van der Waals surface area contributed by atoms with Crippen molar-refractivity contribution in [1.82, 2.24) is 5.48 Å². The summed E-state index contributed by atoms with van der Waals surface area (Å²) in [6.45, 7) is 4.61. The van der Waals surface area contributed by atoms with Gasteiger partial charge in [0, 0.05) is 18.7 Å². The van der Waals surface area contributed by atoms with Crippen LogP contribution in [0.1, 0.15) is 20.3 Å². The van der Waals surface area contributed by atoms with Crippen LogP contribution >= 0.6 is 0 Å². The molecule has 0 heterocycles. The summed E-state index contributed by atoms with van der Waals surface area (Å²) < 4.78 is 0. The second-order valence-electron chi connectivity index (χ2n) is 2.37. The predicted molar refractivity (Wildman–Crippen MR) is 47.2 cm³/mol. The van der Waals surface area contributed by atoms with E-state index >= 15 is 0 Å². The lowest BCUT2D eigenvalue weighted by Crippen LogP contribution is -2.26. The lowest BCUT2D eigenvalue weighted by Gasteiger charge is -2.03. The maximum Gasteiger partial charge on any atom is 0.352 e. The molecule has 4 heteroatoms. The fourth-order valence-electron chi connectivity index (χ4n) is 0.646. The zero-order valence-electron chi connectivity index (χ0n) is 7.59. The van der Waals surface area contributed by atoms with Gasteiger partial charge in [-0.3, -0.25) is 0 Å². The number of carbonyl (C=O) groups excluding carboxylic acids is 1. The molecule has 0 aliphatic carbocycles.